The molecule has 35 heavy (non-hydrogen) atoms. The van der Waals surface area contributed by atoms with Crippen molar-refractivity contribution >= 4 is 33.3 Å². The first-order chi connectivity index (χ1) is 16.7. The lowest BCUT2D eigenvalue weighted by molar-refractivity contribution is 0.0627. The highest BCUT2D eigenvalue weighted by molar-refractivity contribution is 6.13. The Hall–Kier alpha value is -4.23. The Kier molecular flexibility index (Phi) is 5.49. The lowest BCUT2D eigenvalue weighted by Gasteiger charge is -2.18. The Morgan fingerprint density at radius 3 is 2.43 bits per heavy atom. The topological polar surface area (TPSA) is 100 Å². The number of aliphatic hydroxyl groups is 1. The van der Waals surface area contributed by atoms with Crippen LogP contribution in [-0.2, 0) is 6.54 Å². The number of hydrogen-bond acceptors (Lipinski definition) is 4. The number of amides is 1. The summed E-state index contributed by atoms with van der Waals surface area (Å²) in [6.07, 6.45) is 1.79. The Morgan fingerprint density at radius 2 is 1.71 bits per heavy atom. The van der Waals surface area contributed by atoms with Crippen molar-refractivity contribution in [1.29, 1.82) is 0 Å². The van der Waals surface area contributed by atoms with E-state index in [-0.39, 0.29) is 11.5 Å². The molecule has 0 bridgehead atoms. The summed E-state index contributed by atoms with van der Waals surface area (Å²) in [4.78, 5) is 25.4. The number of hydrogen-bond donors (Lipinski definition) is 3. The van der Waals surface area contributed by atoms with Crippen LogP contribution >= 0.6 is 0 Å². The van der Waals surface area contributed by atoms with E-state index < -0.39 is 5.60 Å². The van der Waals surface area contributed by atoms with E-state index in [0.29, 0.717) is 28.9 Å². The lowest BCUT2D eigenvalue weighted by atomic mass is 10.0. The van der Waals surface area contributed by atoms with E-state index in [9.17, 15) is 14.7 Å². The van der Waals surface area contributed by atoms with Gasteiger partial charge in [-0.3, -0.25) is 9.59 Å². The fraction of sp³-hybridized carbons (Fsp3) is 0.179. The first-order valence-corrected chi connectivity index (χ1v) is 11.4. The summed E-state index contributed by atoms with van der Waals surface area (Å²) in [5, 5.41) is 22.3. The molecule has 0 radical (unpaired) electrons. The van der Waals surface area contributed by atoms with Crippen LogP contribution in [-0.4, -0.2) is 31.4 Å². The van der Waals surface area contributed by atoms with Gasteiger partial charge in [0.2, 0.25) is 0 Å². The molecule has 0 aliphatic heterocycles. The molecule has 0 aliphatic rings. The van der Waals surface area contributed by atoms with Crippen molar-refractivity contribution in [1.82, 2.24) is 14.8 Å². The predicted molar refractivity (Wildman–Crippen MR) is 139 cm³/mol. The van der Waals surface area contributed by atoms with E-state index in [4.69, 9.17) is 0 Å². The molecule has 3 aromatic carbocycles. The number of rotatable bonds is 5. The highest BCUT2D eigenvalue weighted by Crippen LogP contribution is 2.30. The van der Waals surface area contributed by atoms with Gasteiger partial charge in [0, 0.05) is 33.7 Å². The van der Waals surface area contributed by atoms with E-state index in [2.05, 4.69) is 15.5 Å². The van der Waals surface area contributed by atoms with Crippen molar-refractivity contribution in [2.75, 3.05) is 5.32 Å². The molecule has 1 amide bonds. The molecule has 0 atom stereocenters. The smallest absolute Gasteiger partial charge is 0.272 e. The fourth-order valence-corrected chi connectivity index (χ4v) is 4.50. The first-order valence-electron chi connectivity index (χ1n) is 11.4. The third-order valence-corrected chi connectivity index (χ3v) is 6.03. The van der Waals surface area contributed by atoms with Crippen LogP contribution < -0.4 is 10.9 Å². The monoisotopic (exact) mass is 466 g/mol. The summed E-state index contributed by atoms with van der Waals surface area (Å²) in [5.41, 5.74) is 3.42. The number of anilines is 1. The summed E-state index contributed by atoms with van der Waals surface area (Å²) >= 11 is 0. The number of aryl methyl sites for hydroxylation is 1. The number of benzene rings is 3. The zero-order chi connectivity index (χ0) is 24.7. The Balaban J connectivity index is 1.48. The van der Waals surface area contributed by atoms with Crippen LogP contribution in [0.1, 0.15) is 29.8 Å². The lowest BCUT2D eigenvalue weighted by Crippen LogP contribution is -2.25. The van der Waals surface area contributed by atoms with Crippen LogP contribution in [0.3, 0.4) is 0 Å². The molecule has 5 aromatic rings. The van der Waals surface area contributed by atoms with Crippen LogP contribution in [0.15, 0.2) is 77.7 Å². The fourth-order valence-electron chi connectivity index (χ4n) is 4.50. The molecule has 0 fully saturated rings. The van der Waals surface area contributed by atoms with Gasteiger partial charge in [-0.15, -0.1) is 0 Å². The van der Waals surface area contributed by atoms with E-state index in [1.807, 2.05) is 72.2 Å². The number of carbonyl (C=O) groups is 1. The van der Waals surface area contributed by atoms with Gasteiger partial charge in [-0.05, 0) is 50.6 Å². The van der Waals surface area contributed by atoms with Gasteiger partial charge in [0.15, 0.2) is 0 Å². The number of carbonyl (C=O) groups excluding carboxylic acids is 1. The highest BCUT2D eigenvalue weighted by atomic mass is 16.3. The van der Waals surface area contributed by atoms with Crippen molar-refractivity contribution in [3.05, 3.63) is 94.4 Å². The molecule has 0 saturated carbocycles. The minimum Gasteiger partial charge on any atom is -0.389 e. The number of para-hydroxylation sites is 1. The molecular weight excluding hydrogens is 440 g/mol. The summed E-state index contributed by atoms with van der Waals surface area (Å²) < 4.78 is 1.91. The first kappa shape index (κ1) is 22.6. The molecule has 0 aliphatic carbocycles. The second kappa shape index (κ2) is 8.52. The van der Waals surface area contributed by atoms with Crippen LogP contribution in [0.5, 0.6) is 0 Å². The summed E-state index contributed by atoms with van der Waals surface area (Å²) in [7, 11) is 0. The Labute approximate surface area is 202 Å². The van der Waals surface area contributed by atoms with E-state index in [0.717, 1.165) is 27.4 Å². The molecule has 176 valence electrons. The Bertz CT molecular complexity index is 1640. The molecular formula is C28H26N4O3. The Morgan fingerprint density at radius 1 is 1.03 bits per heavy atom. The van der Waals surface area contributed by atoms with Crippen LogP contribution in [0.4, 0.5) is 5.69 Å². The zero-order valence-electron chi connectivity index (χ0n) is 19.8. The molecule has 0 spiro atoms. The van der Waals surface area contributed by atoms with Gasteiger partial charge >= 0.3 is 0 Å². The SMILES string of the molecule is Cc1cc(NC(=O)c2cn(CC(C)(C)O)c3ccccc23)ccc1-c1n[nH]c(=O)c2ccccc12. The van der Waals surface area contributed by atoms with Gasteiger partial charge in [-0.1, -0.05) is 42.5 Å². The number of H-pyrrole nitrogens is 1. The van der Waals surface area contributed by atoms with Gasteiger partial charge < -0.3 is 15.0 Å². The maximum absolute atomic E-state index is 13.2. The molecule has 2 aromatic heterocycles. The predicted octanol–water partition coefficient (Wildman–Crippen LogP) is 4.88. The largest absolute Gasteiger partial charge is 0.389 e. The standard InChI is InChI=1S/C28H26N4O3/c1-17-14-18(12-13-19(17)25-21-9-4-5-10-22(21)27(34)31-30-25)29-26(33)23-15-32(16-28(2,3)35)24-11-7-6-8-20(23)24/h4-15,35H,16H2,1-3H3,(H,29,33)(H,31,34). The van der Waals surface area contributed by atoms with Crippen molar-refractivity contribution in [3.8, 4) is 11.3 Å². The maximum atomic E-state index is 13.2. The summed E-state index contributed by atoms with van der Waals surface area (Å²) in [6.45, 7) is 5.80. The van der Waals surface area contributed by atoms with Crippen molar-refractivity contribution in [3.63, 3.8) is 0 Å². The average Bonchev–Trinajstić information content (AvgIpc) is 3.17. The quantitative estimate of drug-likeness (QED) is 0.344. The number of aromatic nitrogens is 3. The second-order valence-corrected chi connectivity index (χ2v) is 9.43. The van der Waals surface area contributed by atoms with Gasteiger partial charge in [0.25, 0.3) is 11.5 Å². The second-order valence-electron chi connectivity index (χ2n) is 9.43. The van der Waals surface area contributed by atoms with Gasteiger partial charge in [-0.2, -0.15) is 5.10 Å². The molecule has 7 nitrogen and oxygen atoms in total. The average molecular weight is 467 g/mol. The number of fused-ring (bicyclic) bond motifs is 2. The molecule has 0 unspecified atom stereocenters. The normalized spacial score (nSPS) is 11.8. The van der Waals surface area contributed by atoms with Crippen molar-refractivity contribution in [2.45, 2.75) is 32.9 Å². The van der Waals surface area contributed by atoms with Crippen molar-refractivity contribution in [2.24, 2.45) is 0 Å². The number of nitrogens with zero attached hydrogens (tertiary/aromatic N) is 2. The number of nitrogens with one attached hydrogen (secondary N) is 2. The van der Waals surface area contributed by atoms with Crippen molar-refractivity contribution < 1.29 is 9.90 Å². The molecule has 5 rings (SSSR count). The summed E-state index contributed by atoms with van der Waals surface area (Å²) in [5.74, 6) is -0.226. The van der Waals surface area contributed by atoms with Gasteiger partial charge in [0.1, 0.15) is 0 Å². The zero-order valence-corrected chi connectivity index (χ0v) is 19.8. The summed E-state index contributed by atoms with van der Waals surface area (Å²) in [6, 6.07) is 20.7. The van der Waals surface area contributed by atoms with Gasteiger partial charge in [-0.25, -0.2) is 5.10 Å². The molecule has 0 saturated heterocycles. The van der Waals surface area contributed by atoms with Gasteiger partial charge in [0.05, 0.1) is 28.8 Å². The molecule has 3 N–H and O–H groups in total. The molecule has 7 heteroatoms. The van der Waals surface area contributed by atoms with Crippen LogP contribution in [0.25, 0.3) is 32.9 Å². The van der Waals surface area contributed by atoms with E-state index in [1.165, 1.54) is 0 Å². The van der Waals surface area contributed by atoms with Crippen LogP contribution in [0, 0.1) is 6.92 Å². The molecule has 2 heterocycles. The van der Waals surface area contributed by atoms with E-state index >= 15 is 0 Å². The maximum Gasteiger partial charge on any atom is 0.272 e. The highest BCUT2D eigenvalue weighted by Gasteiger charge is 2.20. The minimum atomic E-state index is -0.914. The third-order valence-electron chi connectivity index (χ3n) is 6.03. The van der Waals surface area contributed by atoms with E-state index in [1.54, 1.807) is 26.1 Å². The number of aromatic amines is 1. The third kappa shape index (κ3) is 4.34. The minimum absolute atomic E-state index is 0.226. The van der Waals surface area contributed by atoms with Crippen LogP contribution in [0.2, 0.25) is 0 Å².